The van der Waals surface area contributed by atoms with Gasteiger partial charge in [0.15, 0.2) is 23.0 Å². The number of para-hydroxylation sites is 1. The number of benzene rings is 10. The summed E-state index contributed by atoms with van der Waals surface area (Å²) >= 11 is 4.92. The van der Waals surface area contributed by atoms with Gasteiger partial charge in [-0.2, -0.15) is 15.0 Å². The molecule has 1 amide bonds. The highest BCUT2D eigenvalue weighted by molar-refractivity contribution is 8.00. The Morgan fingerprint density at radius 2 is 0.809 bits per heavy atom. The van der Waals surface area contributed by atoms with Crippen molar-refractivity contribution in [2.45, 2.75) is 132 Å². The minimum atomic E-state index is -0.588. The van der Waals surface area contributed by atoms with Gasteiger partial charge in [-0.1, -0.05) is 194 Å². The fourth-order valence-corrected chi connectivity index (χ4v) is 17.7. The van der Waals surface area contributed by atoms with E-state index in [-0.39, 0.29) is 37.7 Å². The largest absolute Gasteiger partial charge is 0.493 e. The Balaban J connectivity index is 0.000000143. The summed E-state index contributed by atoms with van der Waals surface area (Å²) < 4.78 is 22.2. The van der Waals surface area contributed by atoms with Gasteiger partial charge in [0.1, 0.15) is 17.5 Å². The number of ether oxygens (including phenoxy) is 4. The van der Waals surface area contributed by atoms with Crippen LogP contribution >= 0.6 is 35.3 Å². The number of nitrogens with one attached hydrogen (secondary N) is 5. The zero-order valence-electron chi connectivity index (χ0n) is 64.5. The van der Waals surface area contributed by atoms with Crippen molar-refractivity contribution in [3.63, 3.8) is 0 Å². The van der Waals surface area contributed by atoms with Crippen molar-refractivity contribution in [2.24, 2.45) is 11.7 Å². The number of aliphatic hydroxyl groups excluding tert-OH is 4. The summed E-state index contributed by atoms with van der Waals surface area (Å²) in [6.07, 6.45) is 6.20. The molecule has 16 rings (SSSR count). The van der Waals surface area contributed by atoms with Crippen LogP contribution in [0.2, 0.25) is 0 Å². The quantitative estimate of drug-likeness (QED) is 0.0218. The zero-order chi connectivity index (χ0) is 79.6. The number of fused-ring (bicyclic) bond motifs is 4. The van der Waals surface area contributed by atoms with E-state index in [4.69, 9.17) is 54.6 Å². The predicted molar refractivity (Wildman–Crippen MR) is 458 cm³/mol. The van der Waals surface area contributed by atoms with Crippen LogP contribution < -0.4 is 56.2 Å². The Morgan fingerprint density at radius 1 is 0.435 bits per heavy atom. The molecule has 13 aromatic rings. The minimum Gasteiger partial charge on any atom is -0.493 e. The molecule has 0 spiro atoms. The molecule has 2 fully saturated rings. The molecule has 4 heterocycles. The number of aromatic nitrogens is 6. The summed E-state index contributed by atoms with van der Waals surface area (Å²) in [7, 11) is 6.46. The van der Waals surface area contributed by atoms with Crippen molar-refractivity contribution in [3.8, 4) is 23.0 Å². The highest BCUT2D eigenvalue weighted by Gasteiger charge is 2.33. The lowest BCUT2D eigenvalue weighted by molar-refractivity contribution is -0.122. The van der Waals surface area contributed by atoms with Crippen LogP contribution in [0.25, 0.3) is 32.7 Å². The molecule has 1 saturated heterocycles. The molecule has 3 aromatic heterocycles. The SMILES string of the molecule is COc1cc2nc(NCc3ccccc3Sc3ccccc3CO)nc(NC3CCCC3)c2cc1OC.COc1cc2nc(NCc3ccccc3Sc3ccccc3CO)nc(N[C@H]3c4ccccc4C[C@H]3O)c2cc1OC.NC(=O)C1CCN(c2nc(NCc3ccccc3Sc3ccccc3CO)nc3ccccc23)CC1. The fraction of sp³-hybridized carbons (Fsp3) is 0.256. The van der Waals surface area contributed by atoms with E-state index >= 15 is 0 Å². The predicted octanol–water partition coefficient (Wildman–Crippen LogP) is 16.8. The van der Waals surface area contributed by atoms with Gasteiger partial charge in [0, 0.05) is 109 Å². The van der Waals surface area contributed by atoms with E-state index in [1.54, 1.807) is 63.7 Å². The smallest absolute Gasteiger partial charge is 0.225 e. The van der Waals surface area contributed by atoms with Crippen LogP contribution in [-0.4, -0.2) is 110 Å². The van der Waals surface area contributed by atoms with Gasteiger partial charge < -0.3 is 76.6 Å². The number of hydrogen-bond donors (Lipinski definition) is 10. The number of piperidine rings is 1. The minimum absolute atomic E-state index is 0.00792. The summed E-state index contributed by atoms with van der Waals surface area (Å²) in [5.41, 5.74) is 16.1. The van der Waals surface area contributed by atoms with E-state index in [0.29, 0.717) is 84.3 Å². The van der Waals surface area contributed by atoms with Crippen LogP contribution in [0.4, 0.5) is 35.3 Å². The van der Waals surface area contributed by atoms with E-state index in [9.17, 15) is 25.2 Å². The Hall–Kier alpha value is -11.4. The number of amides is 1. The van der Waals surface area contributed by atoms with Gasteiger partial charge in [-0.25, -0.2) is 15.0 Å². The van der Waals surface area contributed by atoms with Gasteiger partial charge in [-0.05, 0) is 131 Å². The Morgan fingerprint density at radius 3 is 1.25 bits per heavy atom. The van der Waals surface area contributed by atoms with Gasteiger partial charge in [0.2, 0.25) is 23.8 Å². The third-order valence-corrected chi connectivity index (χ3v) is 24.4. The molecule has 0 radical (unpaired) electrons. The second-order valence-corrected chi connectivity index (χ2v) is 31.2. The molecule has 0 bridgehead atoms. The lowest BCUT2D eigenvalue weighted by Gasteiger charge is -2.32. The number of carbonyl (C=O) groups is 1. The zero-order valence-corrected chi connectivity index (χ0v) is 66.9. The Bertz CT molecular complexity index is 5540. The van der Waals surface area contributed by atoms with Crippen molar-refractivity contribution in [3.05, 3.63) is 263 Å². The summed E-state index contributed by atoms with van der Waals surface area (Å²) in [5.74, 6) is 5.96. The van der Waals surface area contributed by atoms with Gasteiger partial charge >= 0.3 is 0 Å². The third-order valence-electron chi connectivity index (χ3n) is 20.7. The second-order valence-electron chi connectivity index (χ2n) is 28.0. The molecule has 590 valence electrons. The monoisotopic (exact) mass is 1600 g/mol. The second kappa shape index (κ2) is 38.6. The first kappa shape index (κ1) is 80.2. The average molecular weight is 1600 g/mol. The molecule has 2 atom stereocenters. The molecule has 0 unspecified atom stereocenters. The van der Waals surface area contributed by atoms with E-state index in [1.165, 1.54) is 12.8 Å². The summed E-state index contributed by atoms with van der Waals surface area (Å²) in [6, 6.07) is 72.0. The van der Waals surface area contributed by atoms with E-state index in [2.05, 4.69) is 67.9 Å². The van der Waals surface area contributed by atoms with Gasteiger partial charge in [0.25, 0.3) is 0 Å². The van der Waals surface area contributed by atoms with Crippen molar-refractivity contribution < 1.29 is 44.2 Å². The van der Waals surface area contributed by atoms with Gasteiger partial charge in [0.05, 0.1) is 77.0 Å². The number of hydrogen-bond acceptors (Lipinski definition) is 24. The van der Waals surface area contributed by atoms with Crippen molar-refractivity contribution in [2.75, 3.05) is 73.0 Å². The number of anilines is 6. The van der Waals surface area contributed by atoms with Gasteiger partial charge in [-0.15, -0.1) is 0 Å². The standard InChI is InChI=1S/C33H32N4O4S.C29H32N4O3S.C28H29N5O2S/c1-40-27-16-24-25(17-28(27)41-2)35-33(37-32(24)36-31-23-12-6-3-9-20(23)15-26(31)39)34-18-21-10-4-7-13-29(21)42-30-14-8-5-11-22(30)19-38;1-35-24-15-22-23(16-25(24)36-2)32-29(33-28(22)31-21-11-5-6-12-21)30-17-19-9-3-7-13-26(19)37-27-14-8-4-10-20(27)18-34;29-26(35)19-13-15-33(16-14-19)27-22-9-3-4-10-23(22)31-28(32-27)30-17-20-7-1-5-11-24(20)36-25-12-6-2-8-21(25)18-34/h3-14,16-17,26,31,38-39H,15,18-19H2,1-2H3,(H2,34,35,36,37);3-4,7-10,13-16,21,34H,5-6,11-12,17-18H2,1-2H3,(H2,30,31,32,33);1-12,19,34H,13-18H2,(H2,29,35)(H,30,31,32)/t26-,31+;;/m1../s1. The van der Waals surface area contributed by atoms with E-state index in [1.807, 2.05) is 182 Å². The fourth-order valence-electron chi connectivity index (χ4n) is 14.5. The van der Waals surface area contributed by atoms with Crippen LogP contribution in [0.1, 0.15) is 89.1 Å². The Labute approximate surface area is 681 Å². The van der Waals surface area contributed by atoms with Crippen LogP contribution in [0.15, 0.2) is 248 Å². The van der Waals surface area contributed by atoms with Crippen LogP contribution in [-0.2, 0) is 50.7 Å². The van der Waals surface area contributed by atoms with E-state index in [0.717, 1.165) is 151 Å². The Kier molecular flexibility index (Phi) is 26.9. The number of nitrogens with two attached hydrogens (primary N) is 1. The molecule has 3 aliphatic rings. The number of aliphatic hydroxyl groups is 4. The maximum Gasteiger partial charge on any atom is 0.225 e. The van der Waals surface area contributed by atoms with Crippen LogP contribution in [0.5, 0.6) is 23.0 Å². The number of carbonyl (C=O) groups excluding carboxylic acids is 1. The third kappa shape index (κ3) is 19.5. The van der Waals surface area contributed by atoms with Gasteiger partial charge in [-0.3, -0.25) is 4.79 Å². The maximum absolute atomic E-state index is 11.6. The maximum atomic E-state index is 11.6. The number of primary amides is 1. The summed E-state index contributed by atoms with van der Waals surface area (Å²) in [4.78, 5) is 49.3. The molecule has 10 aromatic carbocycles. The van der Waals surface area contributed by atoms with E-state index < -0.39 is 6.10 Å². The lowest BCUT2D eigenvalue weighted by Crippen LogP contribution is -2.39. The molecule has 22 nitrogen and oxygen atoms in total. The molecule has 1 aliphatic heterocycles. The molecule has 1 saturated carbocycles. The van der Waals surface area contributed by atoms with Crippen LogP contribution in [0.3, 0.4) is 0 Å². The molecule has 25 heteroatoms. The average Bonchev–Trinajstić information content (AvgIpc) is 1.74. The molecular weight excluding hydrogens is 1500 g/mol. The number of rotatable bonds is 28. The first-order valence-electron chi connectivity index (χ1n) is 38.4. The molecule has 2 aliphatic carbocycles. The summed E-state index contributed by atoms with van der Waals surface area (Å²) in [6.45, 7) is 3.08. The molecule has 11 N–H and O–H groups in total. The summed E-state index contributed by atoms with van der Waals surface area (Å²) in [5, 5.41) is 60.3. The number of methoxy groups -OCH3 is 4. The highest BCUT2D eigenvalue weighted by Crippen LogP contribution is 2.43. The van der Waals surface area contributed by atoms with Crippen molar-refractivity contribution >= 4 is 109 Å². The first-order chi connectivity index (χ1) is 56.4. The first-order valence-corrected chi connectivity index (χ1v) is 40.9. The van der Waals surface area contributed by atoms with Crippen molar-refractivity contribution in [1.29, 1.82) is 0 Å². The highest BCUT2D eigenvalue weighted by atomic mass is 32.2. The van der Waals surface area contributed by atoms with Crippen LogP contribution in [0, 0.1) is 5.92 Å². The molecule has 115 heavy (non-hydrogen) atoms. The topological polar surface area (TPSA) is 302 Å². The lowest BCUT2D eigenvalue weighted by atomic mass is 9.96. The molecular formula is C90H93N13O9S3. The van der Waals surface area contributed by atoms with Crippen molar-refractivity contribution in [1.82, 2.24) is 29.9 Å². The normalized spacial score (nSPS) is 14.6. The number of nitrogens with zero attached hydrogens (tertiary/aromatic N) is 7.